The van der Waals surface area contributed by atoms with Gasteiger partial charge in [0.15, 0.2) is 0 Å². The summed E-state index contributed by atoms with van der Waals surface area (Å²) in [4.78, 5) is 0. The smallest absolute Gasteiger partial charge is 0.119 e. The molecule has 1 aromatic carbocycles. The molecule has 0 spiro atoms. The molecule has 0 amide bonds. The second-order valence-electron chi connectivity index (χ2n) is 4.58. The molecule has 0 fully saturated rings. The maximum atomic E-state index is 5.59. The van der Waals surface area contributed by atoms with Gasteiger partial charge in [-0.05, 0) is 44.5 Å². The van der Waals surface area contributed by atoms with E-state index in [0.717, 1.165) is 31.0 Å². The number of methoxy groups -OCH3 is 1. The highest BCUT2D eigenvalue weighted by molar-refractivity contribution is 5.46. The van der Waals surface area contributed by atoms with Crippen molar-refractivity contribution in [2.45, 2.75) is 26.4 Å². The Morgan fingerprint density at radius 3 is 2.42 bits per heavy atom. The largest absolute Gasteiger partial charge is 0.491 e. The molecule has 0 saturated heterocycles. The molecule has 108 valence electrons. The summed E-state index contributed by atoms with van der Waals surface area (Å²) in [7, 11) is 1.68. The van der Waals surface area contributed by atoms with Gasteiger partial charge >= 0.3 is 0 Å². The van der Waals surface area contributed by atoms with Crippen LogP contribution in [0, 0.1) is 0 Å². The van der Waals surface area contributed by atoms with Gasteiger partial charge in [0.2, 0.25) is 0 Å². The van der Waals surface area contributed by atoms with Crippen molar-refractivity contribution >= 4 is 5.69 Å². The predicted molar refractivity (Wildman–Crippen MR) is 78.0 cm³/mol. The Labute approximate surface area is 116 Å². The highest BCUT2D eigenvalue weighted by Crippen LogP contribution is 2.16. The molecule has 0 aliphatic rings. The van der Waals surface area contributed by atoms with Gasteiger partial charge in [0.1, 0.15) is 5.75 Å². The summed E-state index contributed by atoms with van der Waals surface area (Å²) < 4.78 is 15.9. The number of hydrogen-bond acceptors (Lipinski definition) is 4. The zero-order valence-electron chi connectivity index (χ0n) is 12.1. The maximum absolute atomic E-state index is 5.59. The van der Waals surface area contributed by atoms with Crippen LogP contribution in [0.1, 0.15) is 20.3 Å². The van der Waals surface area contributed by atoms with E-state index in [1.165, 1.54) is 0 Å². The van der Waals surface area contributed by atoms with E-state index < -0.39 is 0 Å². The summed E-state index contributed by atoms with van der Waals surface area (Å²) in [5.41, 5.74) is 1.10. The van der Waals surface area contributed by atoms with Crippen LogP contribution in [0.2, 0.25) is 0 Å². The van der Waals surface area contributed by atoms with Crippen LogP contribution in [0.15, 0.2) is 24.3 Å². The number of rotatable bonds is 10. The van der Waals surface area contributed by atoms with Crippen molar-refractivity contribution < 1.29 is 14.2 Å². The lowest BCUT2D eigenvalue weighted by molar-refractivity contribution is 0.0705. The second kappa shape index (κ2) is 9.64. The van der Waals surface area contributed by atoms with Crippen LogP contribution in [0.25, 0.3) is 0 Å². The fourth-order valence-corrected chi connectivity index (χ4v) is 1.57. The van der Waals surface area contributed by atoms with E-state index in [-0.39, 0.29) is 6.10 Å². The van der Waals surface area contributed by atoms with Crippen LogP contribution in [0.5, 0.6) is 5.75 Å². The molecule has 4 nitrogen and oxygen atoms in total. The van der Waals surface area contributed by atoms with Crippen LogP contribution < -0.4 is 10.1 Å². The van der Waals surface area contributed by atoms with E-state index in [0.29, 0.717) is 13.2 Å². The van der Waals surface area contributed by atoms with Gasteiger partial charge in [-0.3, -0.25) is 0 Å². The monoisotopic (exact) mass is 267 g/mol. The van der Waals surface area contributed by atoms with Crippen molar-refractivity contribution in [3.05, 3.63) is 24.3 Å². The van der Waals surface area contributed by atoms with Gasteiger partial charge in [0.25, 0.3) is 0 Å². The third-order valence-electron chi connectivity index (χ3n) is 2.45. The molecule has 0 atom stereocenters. The van der Waals surface area contributed by atoms with Crippen molar-refractivity contribution in [2.24, 2.45) is 0 Å². The molecule has 0 aliphatic heterocycles. The van der Waals surface area contributed by atoms with E-state index in [1.54, 1.807) is 7.11 Å². The number of nitrogens with one attached hydrogen (secondary N) is 1. The molecular weight excluding hydrogens is 242 g/mol. The van der Waals surface area contributed by atoms with Crippen LogP contribution in [0.3, 0.4) is 0 Å². The van der Waals surface area contributed by atoms with E-state index in [9.17, 15) is 0 Å². The quantitative estimate of drug-likeness (QED) is 0.662. The average Bonchev–Trinajstić information content (AvgIpc) is 2.39. The average molecular weight is 267 g/mol. The van der Waals surface area contributed by atoms with Gasteiger partial charge in [-0.25, -0.2) is 0 Å². The fraction of sp³-hybridized carbons (Fsp3) is 0.600. The van der Waals surface area contributed by atoms with E-state index in [4.69, 9.17) is 14.2 Å². The van der Waals surface area contributed by atoms with E-state index in [2.05, 4.69) is 5.32 Å². The number of benzene rings is 1. The number of anilines is 1. The normalized spacial score (nSPS) is 10.7. The van der Waals surface area contributed by atoms with Crippen LogP contribution in [-0.4, -0.2) is 39.6 Å². The Hall–Kier alpha value is -1.26. The molecular formula is C15H25NO3. The first kappa shape index (κ1) is 15.8. The van der Waals surface area contributed by atoms with Crippen molar-refractivity contribution in [3.8, 4) is 5.75 Å². The molecule has 0 radical (unpaired) electrons. The van der Waals surface area contributed by atoms with Crippen LogP contribution >= 0.6 is 0 Å². The van der Waals surface area contributed by atoms with E-state index >= 15 is 0 Å². The van der Waals surface area contributed by atoms with Crippen molar-refractivity contribution in [1.29, 1.82) is 0 Å². The number of hydrogen-bond donors (Lipinski definition) is 1. The van der Waals surface area contributed by atoms with Gasteiger partial charge < -0.3 is 19.5 Å². The summed E-state index contributed by atoms with van der Waals surface area (Å²) in [6.45, 7) is 7.02. The van der Waals surface area contributed by atoms with Crippen LogP contribution in [-0.2, 0) is 9.47 Å². The van der Waals surface area contributed by atoms with Gasteiger partial charge in [-0.1, -0.05) is 0 Å². The Kier molecular flexibility index (Phi) is 8.02. The third kappa shape index (κ3) is 7.70. The molecule has 0 bridgehead atoms. The molecule has 19 heavy (non-hydrogen) atoms. The molecule has 1 N–H and O–H groups in total. The summed E-state index contributed by atoms with van der Waals surface area (Å²) in [5.74, 6) is 0.906. The molecule has 0 heterocycles. The van der Waals surface area contributed by atoms with Crippen molar-refractivity contribution in [2.75, 3.05) is 38.8 Å². The summed E-state index contributed by atoms with van der Waals surface area (Å²) in [5, 5.41) is 3.35. The lowest BCUT2D eigenvalue weighted by Gasteiger charge is -2.11. The van der Waals surface area contributed by atoms with Gasteiger partial charge in [0, 0.05) is 25.9 Å². The fourth-order valence-electron chi connectivity index (χ4n) is 1.57. The first-order valence-corrected chi connectivity index (χ1v) is 6.79. The topological polar surface area (TPSA) is 39.7 Å². The lowest BCUT2D eigenvalue weighted by Crippen LogP contribution is -2.08. The minimum atomic E-state index is 0.211. The SMILES string of the molecule is COCCOCCCNc1ccc(OC(C)C)cc1. The Bertz CT molecular complexity index is 325. The Morgan fingerprint density at radius 2 is 1.79 bits per heavy atom. The zero-order valence-corrected chi connectivity index (χ0v) is 12.1. The summed E-state index contributed by atoms with van der Waals surface area (Å²) >= 11 is 0. The molecule has 0 aromatic heterocycles. The molecule has 0 unspecified atom stereocenters. The first-order valence-electron chi connectivity index (χ1n) is 6.79. The number of ether oxygens (including phenoxy) is 3. The summed E-state index contributed by atoms with van der Waals surface area (Å²) in [6.07, 6.45) is 1.19. The lowest BCUT2D eigenvalue weighted by atomic mass is 10.3. The predicted octanol–water partition coefficient (Wildman–Crippen LogP) is 2.94. The Balaban J connectivity index is 2.12. The van der Waals surface area contributed by atoms with E-state index in [1.807, 2.05) is 38.1 Å². The maximum Gasteiger partial charge on any atom is 0.119 e. The first-order chi connectivity index (χ1) is 9.22. The molecule has 1 rings (SSSR count). The minimum absolute atomic E-state index is 0.211. The summed E-state index contributed by atoms with van der Waals surface area (Å²) in [6, 6.07) is 8.03. The van der Waals surface area contributed by atoms with Gasteiger partial charge in [-0.2, -0.15) is 0 Å². The Morgan fingerprint density at radius 1 is 1.05 bits per heavy atom. The zero-order chi connectivity index (χ0) is 13.9. The highest BCUT2D eigenvalue weighted by Gasteiger charge is 1.97. The molecule has 1 aromatic rings. The second-order valence-corrected chi connectivity index (χ2v) is 4.58. The van der Waals surface area contributed by atoms with Crippen LogP contribution in [0.4, 0.5) is 5.69 Å². The highest BCUT2D eigenvalue weighted by atomic mass is 16.5. The third-order valence-corrected chi connectivity index (χ3v) is 2.45. The minimum Gasteiger partial charge on any atom is -0.491 e. The molecule has 4 heteroatoms. The molecule has 0 saturated carbocycles. The van der Waals surface area contributed by atoms with Gasteiger partial charge in [-0.15, -0.1) is 0 Å². The standard InChI is InChI=1S/C15H25NO3/c1-13(2)19-15-7-5-14(6-8-15)16-9-4-10-18-12-11-17-3/h5-8,13,16H,4,9-12H2,1-3H3. The van der Waals surface area contributed by atoms with Gasteiger partial charge in [0.05, 0.1) is 19.3 Å². The van der Waals surface area contributed by atoms with Crippen molar-refractivity contribution in [1.82, 2.24) is 0 Å². The van der Waals surface area contributed by atoms with Crippen molar-refractivity contribution in [3.63, 3.8) is 0 Å². The molecule has 0 aliphatic carbocycles.